The molecule has 0 saturated carbocycles. The van der Waals surface area contributed by atoms with Crippen LogP contribution in [0.2, 0.25) is 0 Å². The molecule has 0 atom stereocenters. The Bertz CT molecular complexity index is 210. The second kappa shape index (κ2) is 12.3. The van der Waals surface area contributed by atoms with Crippen molar-refractivity contribution in [2.24, 2.45) is 0 Å². The van der Waals surface area contributed by atoms with Crippen LogP contribution >= 0.6 is 0 Å². The first-order chi connectivity index (χ1) is 7.85. The Labute approximate surface area is 102 Å². The Hall–Kier alpha value is -0.770. The molecule has 0 N–H and O–H groups in total. The topological polar surface area (TPSA) is 23.8 Å². The lowest BCUT2D eigenvalue weighted by atomic mass is 10.1. The zero-order valence-corrected chi connectivity index (χ0v) is 11.1. The summed E-state index contributed by atoms with van der Waals surface area (Å²) in [4.78, 5) is 0. The lowest BCUT2D eigenvalue weighted by Crippen LogP contribution is -1.82. The van der Waals surface area contributed by atoms with Gasteiger partial charge in [0.25, 0.3) is 0 Å². The molecule has 0 bridgehead atoms. The molecule has 0 spiro atoms. The molecule has 0 radical (unpaired) electrons. The highest BCUT2D eigenvalue weighted by Gasteiger charge is 1.95. The third-order valence-electron chi connectivity index (χ3n) is 2.89. The number of nitriles is 1. The van der Waals surface area contributed by atoms with E-state index in [4.69, 9.17) is 5.26 Å². The average Bonchev–Trinajstić information content (AvgIpc) is 2.31. The van der Waals surface area contributed by atoms with Crippen LogP contribution < -0.4 is 0 Å². The second-order valence-electron chi connectivity index (χ2n) is 4.50. The monoisotopic (exact) mass is 221 g/mol. The fraction of sp³-hybridized carbons (Fsp3) is 0.800. The standard InChI is InChI=1S/C15H27N/c1-3-5-7-8-9-11-13-15(14-16)12-10-6-4-2/h13H,3-12H2,1-2H3. The van der Waals surface area contributed by atoms with Gasteiger partial charge in [0.1, 0.15) is 0 Å². The predicted octanol–water partition coefficient (Wildman–Crippen LogP) is 5.38. The fourth-order valence-electron chi connectivity index (χ4n) is 1.79. The first-order valence-electron chi connectivity index (χ1n) is 6.94. The molecule has 0 fully saturated rings. The van der Waals surface area contributed by atoms with Gasteiger partial charge in [-0.3, -0.25) is 0 Å². The van der Waals surface area contributed by atoms with E-state index in [9.17, 15) is 0 Å². The number of hydrogen-bond acceptors (Lipinski definition) is 1. The quantitative estimate of drug-likeness (QED) is 0.359. The first kappa shape index (κ1) is 15.2. The van der Waals surface area contributed by atoms with Crippen molar-refractivity contribution < 1.29 is 0 Å². The van der Waals surface area contributed by atoms with Crippen LogP contribution in [0, 0.1) is 11.3 Å². The fourth-order valence-corrected chi connectivity index (χ4v) is 1.79. The zero-order valence-electron chi connectivity index (χ0n) is 11.1. The molecule has 0 aromatic heterocycles. The van der Waals surface area contributed by atoms with Crippen LogP contribution in [0.4, 0.5) is 0 Å². The maximum Gasteiger partial charge on any atom is 0.0943 e. The molecule has 1 heteroatoms. The van der Waals surface area contributed by atoms with Gasteiger partial charge in [0.2, 0.25) is 0 Å². The van der Waals surface area contributed by atoms with Gasteiger partial charge in [-0.1, -0.05) is 58.4 Å². The minimum absolute atomic E-state index is 0.985. The van der Waals surface area contributed by atoms with Crippen LogP contribution in [0.3, 0.4) is 0 Å². The minimum Gasteiger partial charge on any atom is -0.193 e. The Morgan fingerprint density at radius 1 is 0.938 bits per heavy atom. The van der Waals surface area contributed by atoms with Gasteiger partial charge >= 0.3 is 0 Å². The molecule has 92 valence electrons. The number of hydrogen-bond donors (Lipinski definition) is 0. The van der Waals surface area contributed by atoms with Crippen LogP contribution in [0.15, 0.2) is 11.6 Å². The Morgan fingerprint density at radius 3 is 2.19 bits per heavy atom. The van der Waals surface area contributed by atoms with Crippen molar-refractivity contribution in [3.05, 3.63) is 11.6 Å². The van der Waals surface area contributed by atoms with Gasteiger partial charge in [0.05, 0.1) is 6.07 Å². The highest BCUT2D eigenvalue weighted by molar-refractivity contribution is 5.20. The van der Waals surface area contributed by atoms with Crippen LogP contribution in [-0.2, 0) is 0 Å². The number of nitrogens with zero attached hydrogens (tertiary/aromatic N) is 1. The van der Waals surface area contributed by atoms with Crippen molar-refractivity contribution in [2.45, 2.75) is 78.1 Å². The molecule has 0 saturated heterocycles. The zero-order chi connectivity index (χ0) is 12.1. The van der Waals surface area contributed by atoms with Gasteiger partial charge in [-0.05, 0) is 25.7 Å². The summed E-state index contributed by atoms with van der Waals surface area (Å²) in [5, 5.41) is 8.95. The SMILES string of the molecule is CCCCCCCC=C(C#N)CCCCC. The molecule has 1 nitrogen and oxygen atoms in total. The van der Waals surface area contributed by atoms with Crippen molar-refractivity contribution in [3.63, 3.8) is 0 Å². The molecule has 0 aromatic carbocycles. The summed E-state index contributed by atoms with van der Waals surface area (Å²) in [5.74, 6) is 0. The summed E-state index contributed by atoms with van der Waals surface area (Å²) in [6.45, 7) is 4.44. The Morgan fingerprint density at radius 2 is 1.56 bits per heavy atom. The lowest BCUT2D eigenvalue weighted by Gasteiger charge is -1.99. The molecule has 0 aliphatic carbocycles. The van der Waals surface area contributed by atoms with Gasteiger partial charge in [-0.2, -0.15) is 5.26 Å². The third-order valence-corrected chi connectivity index (χ3v) is 2.89. The lowest BCUT2D eigenvalue weighted by molar-refractivity contribution is 0.636. The molecule has 0 aliphatic rings. The Kier molecular flexibility index (Phi) is 11.7. The molecule has 0 rings (SSSR count). The molecule has 0 unspecified atom stereocenters. The van der Waals surface area contributed by atoms with Gasteiger partial charge in [0.15, 0.2) is 0 Å². The predicted molar refractivity (Wildman–Crippen MR) is 71.2 cm³/mol. The maximum atomic E-state index is 8.95. The van der Waals surface area contributed by atoms with Crippen LogP contribution in [-0.4, -0.2) is 0 Å². The van der Waals surface area contributed by atoms with E-state index in [0.717, 1.165) is 18.4 Å². The largest absolute Gasteiger partial charge is 0.193 e. The van der Waals surface area contributed by atoms with Crippen LogP contribution in [0.5, 0.6) is 0 Å². The van der Waals surface area contributed by atoms with Crippen LogP contribution in [0.1, 0.15) is 78.1 Å². The third kappa shape index (κ3) is 9.77. The smallest absolute Gasteiger partial charge is 0.0943 e. The van der Waals surface area contributed by atoms with Gasteiger partial charge in [-0.15, -0.1) is 0 Å². The molecule has 0 aromatic rings. The summed E-state index contributed by atoms with van der Waals surface area (Å²) in [5.41, 5.74) is 1.00. The summed E-state index contributed by atoms with van der Waals surface area (Å²) in [6, 6.07) is 2.32. The van der Waals surface area contributed by atoms with E-state index in [2.05, 4.69) is 26.0 Å². The van der Waals surface area contributed by atoms with Crippen molar-refractivity contribution in [1.29, 1.82) is 5.26 Å². The molecular formula is C15H27N. The van der Waals surface area contributed by atoms with Gasteiger partial charge in [0, 0.05) is 5.57 Å². The summed E-state index contributed by atoms with van der Waals surface area (Å²) >= 11 is 0. The highest BCUT2D eigenvalue weighted by Crippen LogP contribution is 2.11. The van der Waals surface area contributed by atoms with Crippen molar-refractivity contribution >= 4 is 0 Å². The van der Waals surface area contributed by atoms with Gasteiger partial charge < -0.3 is 0 Å². The number of rotatable bonds is 10. The van der Waals surface area contributed by atoms with E-state index < -0.39 is 0 Å². The van der Waals surface area contributed by atoms with Crippen molar-refractivity contribution in [3.8, 4) is 6.07 Å². The van der Waals surface area contributed by atoms with E-state index >= 15 is 0 Å². The normalized spacial score (nSPS) is 11.4. The van der Waals surface area contributed by atoms with E-state index in [1.807, 2.05) is 0 Å². The molecule has 0 amide bonds. The van der Waals surface area contributed by atoms with E-state index in [1.54, 1.807) is 0 Å². The average molecular weight is 221 g/mol. The first-order valence-corrected chi connectivity index (χ1v) is 6.94. The summed E-state index contributed by atoms with van der Waals surface area (Å²) < 4.78 is 0. The van der Waals surface area contributed by atoms with E-state index in [1.165, 1.54) is 51.4 Å². The molecular weight excluding hydrogens is 194 g/mol. The number of allylic oxidation sites excluding steroid dienone is 2. The highest BCUT2D eigenvalue weighted by atomic mass is 14.2. The van der Waals surface area contributed by atoms with E-state index in [-0.39, 0.29) is 0 Å². The molecule has 0 heterocycles. The maximum absolute atomic E-state index is 8.95. The van der Waals surface area contributed by atoms with Crippen molar-refractivity contribution in [2.75, 3.05) is 0 Å². The summed E-state index contributed by atoms with van der Waals surface area (Å²) in [7, 11) is 0. The van der Waals surface area contributed by atoms with Crippen molar-refractivity contribution in [1.82, 2.24) is 0 Å². The Balaban J connectivity index is 3.52. The van der Waals surface area contributed by atoms with Crippen LogP contribution in [0.25, 0.3) is 0 Å². The summed E-state index contributed by atoms with van der Waals surface area (Å²) in [6.07, 6.45) is 14.5. The molecule has 0 aliphatic heterocycles. The molecule has 16 heavy (non-hydrogen) atoms. The van der Waals surface area contributed by atoms with Gasteiger partial charge in [-0.25, -0.2) is 0 Å². The number of unbranched alkanes of at least 4 members (excludes halogenated alkanes) is 7. The minimum atomic E-state index is 0.985. The second-order valence-corrected chi connectivity index (χ2v) is 4.50. The van der Waals surface area contributed by atoms with E-state index in [0.29, 0.717) is 0 Å².